The van der Waals surface area contributed by atoms with Crippen molar-refractivity contribution in [3.63, 3.8) is 0 Å². The monoisotopic (exact) mass is 438 g/mol. The van der Waals surface area contributed by atoms with Gasteiger partial charge in [0.15, 0.2) is 0 Å². The third-order valence-electron chi connectivity index (χ3n) is 3.43. The van der Waals surface area contributed by atoms with E-state index in [9.17, 15) is 9.59 Å². The maximum absolute atomic E-state index is 12.3. The SMILES string of the molecule is COCCNC(=O)c1ccc(NC(=O)c2ccc(C)c(I)c2)cc1. The van der Waals surface area contributed by atoms with Crippen molar-refractivity contribution >= 4 is 40.1 Å². The third-order valence-corrected chi connectivity index (χ3v) is 4.59. The van der Waals surface area contributed by atoms with Crippen molar-refractivity contribution in [3.8, 4) is 0 Å². The first-order chi connectivity index (χ1) is 11.5. The minimum absolute atomic E-state index is 0.169. The lowest BCUT2D eigenvalue weighted by atomic mass is 10.1. The molecule has 126 valence electrons. The molecule has 0 heterocycles. The molecule has 2 N–H and O–H groups in total. The largest absolute Gasteiger partial charge is 0.383 e. The van der Waals surface area contributed by atoms with Gasteiger partial charge in [-0.05, 0) is 71.5 Å². The van der Waals surface area contributed by atoms with Gasteiger partial charge in [-0.1, -0.05) is 6.07 Å². The highest BCUT2D eigenvalue weighted by molar-refractivity contribution is 14.1. The van der Waals surface area contributed by atoms with Gasteiger partial charge in [-0.3, -0.25) is 9.59 Å². The smallest absolute Gasteiger partial charge is 0.255 e. The van der Waals surface area contributed by atoms with E-state index in [1.807, 2.05) is 19.1 Å². The van der Waals surface area contributed by atoms with Gasteiger partial charge in [0.25, 0.3) is 11.8 Å². The number of carbonyl (C=O) groups excluding carboxylic acids is 2. The predicted molar refractivity (Wildman–Crippen MR) is 103 cm³/mol. The predicted octanol–water partition coefficient (Wildman–Crippen LogP) is 3.23. The number of ether oxygens (including phenoxy) is 1. The number of methoxy groups -OCH3 is 1. The Hall–Kier alpha value is -1.93. The maximum atomic E-state index is 12.3. The fourth-order valence-corrected chi connectivity index (χ4v) is 2.53. The number of benzene rings is 2. The molecule has 2 aromatic carbocycles. The first kappa shape index (κ1) is 18.4. The summed E-state index contributed by atoms with van der Waals surface area (Å²) in [6.45, 7) is 2.93. The lowest BCUT2D eigenvalue weighted by Crippen LogP contribution is -2.26. The van der Waals surface area contributed by atoms with Crippen molar-refractivity contribution in [2.24, 2.45) is 0 Å². The number of aryl methyl sites for hydroxylation is 1. The fraction of sp³-hybridized carbons (Fsp3) is 0.222. The zero-order valence-corrected chi connectivity index (χ0v) is 15.7. The van der Waals surface area contributed by atoms with Crippen molar-refractivity contribution in [3.05, 3.63) is 62.7 Å². The second kappa shape index (κ2) is 8.79. The number of hydrogen-bond donors (Lipinski definition) is 2. The van der Waals surface area contributed by atoms with Gasteiger partial charge >= 0.3 is 0 Å². The minimum atomic E-state index is -0.176. The molecule has 0 atom stereocenters. The van der Waals surface area contributed by atoms with Crippen LogP contribution >= 0.6 is 22.6 Å². The van der Waals surface area contributed by atoms with Crippen LogP contribution in [0.3, 0.4) is 0 Å². The highest BCUT2D eigenvalue weighted by Gasteiger charge is 2.09. The van der Waals surface area contributed by atoms with Crippen LogP contribution in [0.4, 0.5) is 5.69 Å². The van der Waals surface area contributed by atoms with Crippen LogP contribution < -0.4 is 10.6 Å². The molecule has 0 unspecified atom stereocenters. The Bertz CT molecular complexity index is 730. The molecule has 0 aromatic heterocycles. The molecular weight excluding hydrogens is 419 g/mol. The van der Waals surface area contributed by atoms with Crippen molar-refractivity contribution < 1.29 is 14.3 Å². The maximum Gasteiger partial charge on any atom is 0.255 e. The summed E-state index contributed by atoms with van der Waals surface area (Å²) in [5, 5.41) is 5.57. The van der Waals surface area contributed by atoms with Gasteiger partial charge < -0.3 is 15.4 Å². The number of hydrogen-bond acceptors (Lipinski definition) is 3. The topological polar surface area (TPSA) is 67.4 Å². The summed E-state index contributed by atoms with van der Waals surface area (Å²) in [6, 6.07) is 12.3. The van der Waals surface area contributed by atoms with Crippen LogP contribution in [0, 0.1) is 10.5 Å². The quantitative estimate of drug-likeness (QED) is 0.538. The van der Waals surface area contributed by atoms with Gasteiger partial charge in [0.05, 0.1) is 6.61 Å². The van der Waals surface area contributed by atoms with Crippen LogP contribution in [0.15, 0.2) is 42.5 Å². The molecule has 2 amide bonds. The van der Waals surface area contributed by atoms with E-state index < -0.39 is 0 Å². The highest BCUT2D eigenvalue weighted by atomic mass is 127. The van der Waals surface area contributed by atoms with Crippen molar-refractivity contribution in [2.45, 2.75) is 6.92 Å². The molecule has 0 aliphatic rings. The Kier molecular flexibility index (Phi) is 6.74. The molecular formula is C18H19IN2O3. The average Bonchev–Trinajstić information content (AvgIpc) is 2.58. The average molecular weight is 438 g/mol. The molecule has 0 radical (unpaired) electrons. The van der Waals surface area contributed by atoms with Crippen molar-refractivity contribution in [2.75, 3.05) is 25.6 Å². The standard InChI is InChI=1S/C18H19IN2O3/c1-12-3-4-14(11-16(12)19)18(23)21-15-7-5-13(6-8-15)17(22)20-9-10-24-2/h3-8,11H,9-10H2,1-2H3,(H,20,22)(H,21,23). The number of carbonyl (C=O) groups is 2. The Morgan fingerprint density at radius 2 is 1.71 bits per heavy atom. The summed E-state index contributed by atoms with van der Waals surface area (Å²) in [7, 11) is 1.58. The lowest BCUT2D eigenvalue weighted by Gasteiger charge is -2.08. The molecule has 0 spiro atoms. The molecule has 0 saturated carbocycles. The lowest BCUT2D eigenvalue weighted by molar-refractivity contribution is 0.0936. The summed E-state index contributed by atoms with van der Waals surface area (Å²) in [6.07, 6.45) is 0. The van der Waals surface area contributed by atoms with E-state index in [-0.39, 0.29) is 11.8 Å². The van der Waals surface area contributed by atoms with Gasteiger partial charge in [-0.15, -0.1) is 0 Å². The normalized spacial score (nSPS) is 10.3. The van der Waals surface area contributed by atoms with Crippen LogP contribution in [0.1, 0.15) is 26.3 Å². The number of halogens is 1. The summed E-state index contributed by atoms with van der Waals surface area (Å²) in [4.78, 5) is 24.2. The van der Waals surface area contributed by atoms with Gasteiger partial charge in [-0.2, -0.15) is 0 Å². The number of nitrogens with one attached hydrogen (secondary N) is 2. The summed E-state index contributed by atoms with van der Waals surface area (Å²) >= 11 is 2.21. The molecule has 5 nitrogen and oxygen atoms in total. The minimum Gasteiger partial charge on any atom is -0.383 e. The second-order valence-corrected chi connectivity index (χ2v) is 6.41. The molecule has 24 heavy (non-hydrogen) atoms. The summed E-state index contributed by atoms with van der Waals surface area (Å²) < 4.78 is 5.93. The van der Waals surface area contributed by atoms with Crippen LogP contribution in [-0.4, -0.2) is 32.1 Å². The molecule has 2 rings (SSSR count). The number of rotatable bonds is 6. The molecule has 0 saturated heterocycles. The molecule has 0 fully saturated rings. The van der Waals surface area contributed by atoms with Crippen molar-refractivity contribution in [1.29, 1.82) is 0 Å². The first-order valence-corrected chi connectivity index (χ1v) is 8.54. The Morgan fingerprint density at radius 1 is 1.04 bits per heavy atom. The second-order valence-electron chi connectivity index (χ2n) is 5.24. The van der Waals surface area contributed by atoms with E-state index in [0.717, 1.165) is 9.13 Å². The van der Waals surface area contributed by atoms with E-state index in [4.69, 9.17) is 4.74 Å². The van der Waals surface area contributed by atoms with Crippen LogP contribution in [0.25, 0.3) is 0 Å². The van der Waals surface area contributed by atoms with Crippen LogP contribution in [0.5, 0.6) is 0 Å². The zero-order valence-electron chi connectivity index (χ0n) is 13.6. The Labute approximate surface area is 154 Å². The van der Waals surface area contributed by atoms with Gasteiger partial charge in [0.2, 0.25) is 0 Å². The summed E-state index contributed by atoms with van der Waals surface area (Å²) in [5.41, 5.74) is 2.92. The Balaban J connectivity index is 1.99. The highest BCUT2D eigenvalue weighted by Crippen LogP contribution is 2.16. The number of anilines is 1. The Morgan fingerprint density at radius 3 is 2.33 bits per heavy atom. The van der Waals surface area contributed by atoms with Gasteiger partial charge in [0.1, 0.15) is 0 Å². The van der Waals surface area contributed by atoms with E-state index in [2.05, 4.69) is 33.2 Å². The van der Waals surface area contributed by atoms with Crippen LogP contribution in [0.2, 0.25) is 0 Å². The van der Waals surface area contributed by atoms with E-state index >= 15 is 0 Å². The van der Waals surface area contributed by atoms with Gasteiger partial charge in [0, 0.05) is 34.0 Å². The van der Waals surface area contributed by atoms with Gasteiger partial charge in [-0.25, -0.2) is 0 Å². The molecule has 6 heteroatoms. The fourth-order valence-electron chi connectivity index (χ4n) is 2.01. The number of amides is 2. The van der Waals surface area contributed by atoms with E-state index in [0.29, 0.717) is 30.0 Å². The zero-order chi connectivity index (χ0) is 17.5. The molecule has 0 aliphatic heterocycles. The molecule has 0 bridgehead atoms. The molecule has 2 aromatic rings. The van der Waals surface area contributed by atoms with Crippen LogP contribution in [-0.2, 0) is 4.74 Å². The van der Waals surface area contributed by atoms with E-state index in [1.54, 1.807) is 37.4 Å². The third kappa shape index (κ3) is 5.04. The molecule has 0 aliphatic carbocycles. The van der Waals surface area contributed by atoms with E-state index in [1.165, 1.54) is 0 Å². The first-order valence-electron chi connectivity index (χ1n) is 7.46. The van der Waals surface area contributed by atoms with Crippen molar-refractivity contribution in [1.82, 2.24) is 5.32 Å². The summed E-state index contributed by atoms with van der Waals surface area (Å²) in [5.74, 6) is -0.344.